The fourth-order valence-electron chi connectivity index (χ4n) is 1.54. The minimum atomic E-state index is -0.645. The Hall–Kier alpha value is -1.85. The van der Waals surface area contributed by atoms with Gasteiger partial charge in [-0.3, -0.25) is 4.79 Å². The lowest BCUT2D eigenvalue weighted by Crippen LogP contribution is -2.33. The van der Waals surface area contributed by atoms with E-state index in [1.54, 1.807) is 48.7 Å². The van der Waals surface area contributed by atoms with E-state index in [2.05, 4.69) is 10.5 Å². The van der Waals surface area contributed by atoms with Gasteiger partial charge in [0.15, 0.2) is 6.10 Å². The van der Waals surface area contributed by atoms with Gasteiger partial charge in [0.2, 0.25) is 0 Å². The van der Waals surface area contributed by atoms with E-state index in [0.29, 0.717) is 10.8 Å². The van der Waals surface area contributed by atoms with Crippen molar-refractivity contribution in [2.45, 2.75) is 20.0 Å². The number of hydrazone groups is 1. The Morgan fingerprint density at radius 3 is 2.67 bits per heavy atom. The molecule has 2 rings (SSSR count). The average molecular weight is 323 g/mol. The summed E-state index contributed by atoms with van der Waals surface area (Å²) in [6.07, 6.45) is 0.971. The molecule has 1 aromatic carbocycles. The molecule has 0 saturated carbocycles. The van der Waals surface area contributed by atoms with Crippen molar-refractivity contribution in [2.24, 2.45) is 5.10 Å². The predicted octanol–water partition coefficient (Wildman–Crippen LogP) is 3.63. The van der Waals surface area contributed by atoms with E-state index in [-0.39, 0.29) is 5.91 Å². The largest absolute Gasteiger partial charge is 0.481 e. The average Bonchev–Trinajstić information content (AvgIpc) is 2.87. The molecule has 110 valence electrons. The lowest BCUT2D eigenvalue weighted by Gasteiger charge is -2.12. The number of nitrogens with one attached hydrogen (secondary N) is 1. The molecule has 0 saturated heterocycles. The minimum Gasteiger partial charge on any atom is -0.481 e. The van der Waals surface area contributed by atoms with E-state index in [1.165, 1.54) is 4.88 Å². The highest BCUT2D eigenvalue weighted by Gasteiger charge is 2.13. The second-order valence-corrected chi connectivity index (χ2v) is 6.15. The summed E-state index contributed by atoms with van der Waals surface area (Å²) in [5.74, 6) is 0.273. The maximum absolute atomic E-state index is 11.8. The Morgan fingerprint density at radius 1 is 1.33 bits per heavy atom. The Labute approximate surface area is 132 Å². The van der Waals surface area contributed by atoms with E-state index in [4.69, 9.17) is 16.3 Å². The smallest absolute Gasteiger partial charge is 0.280 e. The molecular formula is C15H15ClN2O2S. The summed E-state index contributed by atoms with van der Waals surface area (Å²) in [4.78, 5) is 14.0. The quantitative estimate of drug-likeness (QED) is 0.675. The number of carbonyl (C=O) groups excluding carboxylic acids is 1. The number of nitrogens with zero attached hydrogens (tertiary/aromatic N) is 1. The maximum atomic E-state index is 11.8. The van der Waals surface area contributed by atoms with E-state index in [1.807, 2.05) is 19.1 Å². The van der Waals surface area contributed by atoms with Crippen LogP contribution >= 0.6 is 22.9 Å². The van der Waals surface area contributed by atoms with Crippen LogP contribution in [-0.4, -0.2) is 18.2 Å². The number of amides is 1. The number of hydrogen-bond acceptors (Lipinski definition) is 4. The van der Waals surface area contributed by atoms with Crippen LogP contribution in [0.15, 0.2) is 41.5 Å². The third-order valence-corrected chi connectivity index (χ3v) is 3.81. The van der Waals surface area contributed by atoms with Crippen LogP contribution in [0.2, 0.25) is 5.02 Å². The molecule has 1 N–H and O–H groups in total. The van der Waals surface area contributed by atoms with Gasteiger partial charge in [0.1, 0.15) is 5.75 Å². The molecule has 1 amide bonds. The molecule has 0 fully saturated rings. The highest BCUT2D eigenvalue weighted by Crippen LogP contribution is 2.16. The molecule has 6 heteroatoms. The van der Waals surface area contributed by atoms with Crippen molar-refractivity contribution in [2.75, 3.05) is 0 Å². The first-order valence-electron chi connectivity index (χ1n) is 6.36. The van der Waals surface area contributed by atoms with Crippen LogP contribution in [0.25, 0.3) is 0 Å². The van der Waals surface area contributed by atoms with Crippen molar-refractivity contribution in [3.63, 3.8) is 0 Å². The zero-order chi connectivity index (χ0) is 15.2. The van der Waals surface area contributed by atoms with Crippen LogP contribution in [0.5, 0.6) is 5.75 Å². The van der Waals surface area contributed by atoms with Gasteiger partial charge in [-0.1, -0.05) is 11.6 Å². The van der Waals surface area contributed by atoms with Crippen LogP contribution in [0.1, 0.15) is 16.7 Å². The molecule has 2 aromatic rings. The van der Waals surface area contributed by atoms with Crippen LogP contribution in [0, 0.1) is 6.92 Å². The Kier molecular flexibility index (Phi) is 5.36. The monoisotopic (exact) mass is 322 g/mol. The summed E-state index contributed by atoms with van der Waals surface area (Å²) in [5, 5.41) is 4.54. The van der Waals surface area contributed by atoms with E-state index in [0.717, 1.165) is 4.88 Å². The SMILES string of the molecule is Cc1ccc(/C=N\NC(=O)[C@H](C)Oc2ccc(Cl)cc2)s1. The Morgan fingerprint density at radius 2 is 2.05 bits per heavy atom. The highest BCUT2D eigenvalue weighted by molar-refractivity contribution is 7.13. The third kappa shape index (κ3) is 4.88. The molecule has 1 aromatic heterocycles. The Balaban J connectivity index is 1.85. The Bertz CT molecular complexity index is 637. The van der Waals surface area contributed by atoms with Crippen LogP contribution in [0.3, 0.4) is 0 Å². The van der Waals surface area contributed by atoms with E-state index >= 15 is 0 Å². The first kappa shape index (κ1) is 15.5. The lowest BCUT2D eigenvalue weighted by molar-refractivity contribution is -0.127. The van der Waals surface area contributed by atoms with Gasteiger partial charge in [0.25, 0.3) is 5.91 Å². The first-order valence-corrected chi connectivity index (χ1v) is 7.55. The number of aryl methyl sites for hydroxylation is 1. The summed E-state index contributed by atoms with van der Waals surface area (Å²) >= 11 is 7.39. The second kappa shape index (κ2) is 7.24. The van der Waals surface area contributed by atoms with Crippen molar-refractivity contribution in [3.8, 4) is 5.75 Å². The molecular weight excluding hydrogens is 308 g/mol. The van der Waals surface area contributed by atoms with Crippen LogP contribution in [-0.2, 0) is 4.79 Å². The van der Waals surface area contributed by atoms with Gasteiger partial charge in [-0.05, 0) is 50.2 Å². The fourth-order valence-corrected chi connectivity index (χ4v) is 2.42. The molecule has 0 radical (unpaired) electrons. The molecule has 1 atom stereocenters. The van der Waals surface area contributed by atoms with Crippen LogP contribution in [0.4, 0.5) is 0 Å². The third-order valence-electron chi connectivity index (χ3n) is 2.62. The van der Waals surface area contributed by atoms with E-state index in [9.17, 15) is 4.79 Å². The highest BCUT2D eigenvalue weighted by atomic mass is 35.5. The summed E-state index contributed by atoms with van der Waals surface area (Å²) < 4.78 is 5.50. The number of thiophene rings is 1. The fraction of sp³-hybridized carbons (Fsp3) is 0.200. The molecule has 0 aliphatic rings. The topological polar surface area (TPSA) is 50.7 Å². The zero-order valence-corrected chi connectivity index (χ0v) is 13.2. The van der Waals surface area contributed by atoms with E-state index < -0.39 is 6.10 Å². The second-order valence-electron chi connectivity index (χ2n) is 4.40. The van der Waals surface area contributed by atoms with Gasteiger partial charge in [-0.15, -0.1) is 11.3 Å². The molecule has 21 heavy (non-hydrogen) atoms. The van der Waals surface area contributed by atoms with Crippen molar-refractivity contribution < 1.29 is 9.53 Å². The van der Waals surface area contributed by atoms with Gasteiger partial charge in [0, 0.05) is 14.8 Å². The maximum Gasteiger partial charge on any atom is 0.280 e. The minimum absolute atomic E-state index is 0.311. The lowest BCUT2D eigenvalue weighted by atomic mass is 10.3. The van der Waals surface area contributed by atoms with Gasteiger partial charge >= 0.3 is 0 Å². The summed E-state index contributed by atoms with van der Waals surface area (Å²) in [5.41, 5.74) is 2.46. The molecule has 0 unspecified atom stereocenters. The zero-order valence-electron chi connectivity index (χ0n) is 11.7. The summed E-state index contributed by atoms with van der Waals surface area (Å²) in [6, 6.07) is 10.8. The molecule has 0 spiro atoms. The van der Waals surface area contributed by atoms with Crippen molar-refractivity contribution in [3.05, 3.63) is 51.2 Å². The summed E-state index contributed by atoms with van der Waals surface area (Å²) in [7, 11) is 0. The van der Waals surface area contributed by atoms with Crippen molar-refractivity contribution in [1.82, 2.24) is 5.43 Å². The van der Waals surface area contributed by atoms with Gasteiger partial charge < -0.3 is 4.74 Å². The van der Waals surface area contributed by atoms with Crippen LogP contribution < -0.4 is 10.2 Å². The molecule has 0 bridgehead atoms. The van der Waals surface area contributed by atoms with Gasteiger partial charge in [0.05, 0.1) is 6.21 Å². The van der Waals surface area contributed by atoms with Crippen molar-refractivity contribution in [1.29, 1.82) is 0 Å². The number of carbonyl (C=O) groups is 1. The van der Waals surface area contributed by atoms with Gasteiger partial charge in [-0.2, -0.15) is 5.10 Å². The number of benzene rings is 1. The molecule has 1 heterocycles. The standard InChI is InChI=1S/C15H15ClN2O2S/c1-10-3-8-14(21-10)9-17-18-15(19)11(2)20-13-6-4-12(16)5-7-13/h3-9,11H,1-2H3,(H,18,19)/b17-9-/t11-/m0/s1. The van der Waals surface area contributed by atoms with Crippen molar-refractivity contribution >= 4 is 35.1 Å². The molecule has 0 aliphatic heterocycles. The summed E-state index contributed by atoms with van der Waals surface area (Å²) in [6.45, 7) is 3.68. The van der Waals surface area contributed by atoms with Gasteiger partial charge in [-0.25, -0.2) is 5.43 Å². The number of hydrogen-bond donors (Lipinski definition) is 1. The normalized spacial score (nSPS) is 12.3. The first-order chi connectivity index (χ1) is 10.0. The number of rotatable bonds is 5. The number of halogens is 1. The molecule has 0 aliphatic carbocycles. The number of ether oxygens (including phenoxy) is 1. The predicted molar refractivity (Wildman–Crippen MR) is 86.3 cm³/mol. The molecule has 4 nitrogen and oxygen atoms in total.